The summed E-state index contributed by atoms with van der Waals surface area (Å²) in [5, 5.41) is 5.98. The van der Waals surface area contributed by atoms with Gasteiger partial charge in [-0.2, -0.15) is 0 Å². The first-order valence-corrected chi connectivity index (χ1v) is 13.6. The Hall–Kier alpha value is -2.50. The number of aromatic nitrogens is 2. The Morgan fingerprint density at radius 1 is 0.559 bits per heavy atom. The summed E-state index contributed by atoms with van der Waals surface area (Å²) in [5.41, 5.74) is 2.68. The van der Waals surface area contributed by atoms with E-state index in [-0.39, 0.29) is 11.8 Å². The summed E-state index contributed by atoms with van der Waals surface area (Å²) in [6.45, 7) is 5.86. The van der Waals surface area contributed by atoms with Crippen LogP contribution in [0.3, 0.4) is 0 Å². The van der Waals surface area contributed by atoms with Gasteiger partial charge < -0.3 is 20.6 Å². The molecule has 0 aliphatic heterocycles. The van der Waals surface area contributed by atoms with Gasteiger partial charge in [-0.15, -0.1) is 0 Å². The molecule has 0 aliphatic rings. The van der Waals surface area contributed by atoms with Crippen molar-refractivity contribution in [1.82, 2.24) is 20.6 Å². The van der Waals surface area contributed by atoms with E-state index < -0.39 is 0 Å². The van der Waals surface area contributed by atoms with Gasteiger partial charge in [-0.3, -0.25) is 9.59 Å². The molecule has 0 saturated carbocycles. The van der Waals surface area contributed by atoms with Crippen molar-refractivity contribution in [1.29, 1.82) is 0 Å². The number of rotatable bonds is 19. The van der Waals surface area contributed by atoms with E-state index in [1.54, 1.807) is 12.1 Å². The van der Waals surface area contributed by atoms with Gasteiger partial charge in [0.15, 0.2) is 0 Å². The summed E-state index contributed by atoms with van der Waals surface area (Å²) in [6, 6.07) is 7.32. The van der Waals surface area contributed by atoms with E-state index in [2.05, 4.69) is 34.4 Å². The van der Waals surface area contributed by atoms with Gasteiger partial charge in [0.1, 0.15) is 11.4 Å². The quantitative estimate of drug-likeness (QED) is 0.167. The lowest BCUT2D eigenvalue weighted by atomic mass is 10.1. The molecule has 0 bridgehead atoms. The molecule has 34 heavy (non-hydrogen) atoms. The minimum absolute atomic E-state index is 0.0866. The maximum atomic E-state index is 12.4. The molecule has 0 unspecified atom stereocenters. The average Bonchev–Trinajstić information content (AvgIpc) is 3.52. The summed E-state index contributed by atoms with van der Waals surface area (Å²) >= 11 is 0. The summed E-state index contributed by atoms with van der Waals surface area (Å²) < 4.78 is 0. The molecule has 6 nitrogen and oxygen atoms in total. The van der Waals surface area contributed by atoms with Crippen molar-refractivity contribution in [3.8, 4) is 11.4 Å². The highest BCUT2D eigenvalue weighted by Gasteiger charge is 2.12. The lowest BCUT2D eigenvalue weighted by Crippen LogP contribution is -2.24. The van der Waals surface area contributed by atoms with E-state index in [0.29, 0.717) is 24.5 Å². The Bertz CT molecular complexity index is 756. The number of hydrogen-bond acceptors (Lipinski definition) is 2. The van der Waals surface area contributed by atoms with Crippen molar-refractivity contribution >= 4 is 11.8 Å². The van der Waals surface area contributed by atoms with Crippen LogP contribution in [0.4, 0.5) is 0 Å². The third kappa shape index (κ3) is 10.6. The number of aromatic amines is 2. The zero-order valence-corrected chi connectivity index (χ0v) is 21.4. The summed E-state index contributed by atoms with van der Waals surface area (Å²) in [7, 11) is 0. The van der Waals surface area contributed by atoms with Crippen molar-refractivity contribution in [3.63, 3.8) is 0 Å². The first-order chi connectivity index (χ1) is 16.7. The van der Waals surface area contributed by atoms with Gasteiger partial charge in [0, 0.05) is 13.1 Å². The summed E-state index contributed by atoms with van der Waals surface area (Å²) in [6.07, 6.45) is 17.2. The first-order valence-electron chi connectivity index (χ1n) is 13.6. The van der Waals surface area contributed by atoms with Crippen LogP contribution < -0.4 is 10.6 Å². The summed E-state index contributed by atoms with van der Waals surface area (Å²) in [5.74, 6) is -0.173. The zero-order chi connectivity index (χ0) is 24.4. The smallest absolute Gasteiger partial charge is 0.267 e. The highest BCUT2D eigenvalue weighted by atomic mass is 16.2. The van der Waals surface area contributed by atoms with E-state index in [0.717, 1.165) is 37.1 Å². The van der Waals surface area contributed by atoms with Crippen molar-refractivity contribution in [2.24, 2.45) is 0 Å². The SMILES string of the molecule is CCCCCCCCCNC(=O)c1ccc(-c2ccc(C(=O)NCCCCCCCCC)[nH]2)[nH]1. The standard InChI is InChI=1S/C28H46N4O2/c1-3-5-7-9-11-13-15-21-29-27(33)25-19-17-23(31-25)24-18-20-26(32-24)28(34)30-22-16-14-12-10-8-6-4-2/h17-20,31-32H,3-16,21-22H2,1-2H3,(H,29,33)(H,30,34). The molecule has 0 fully saturated rings. The second kappa shape index (κ2) is 17.0. The Kier molecular flexibility index (Phi) is 13.9. The number of unbranched alkanes of at least 4 members (excludes halogenated alkanes) is 12. The molecule has 0 spiro atoms. The van der Waals surface area contributed by atoms with Gasteiger partial charge in [0.05, 0.1) is 11.4 Å². The van der Waals surface area contributed by atoms with E-state index in [4.69, 9.17) is 0 Å². The van der Waals surface area contributed by atoms with Crippen molar-refractivity contribution in [3.05, 3.63) is 35.7 Å². The third-order valence-corrected chi connectivity index (χ3v) is 6.28. The second-order valence-electron chi connectivity index (χ2n) is 9.33. The van der Waals surface area contributed by atoms with Crippen LogP contribution in [0, 0.1) is 0 Å². The fourth-order valence-corrected chi connectivity index (χ4v) is 4.13. The van der Waals surface area contributed by atoms with Gasteiger partial charge >= 0.3 is 0 Å². The number of carbonyl (C=O) groups excluding carboxylic acids is 2. The number of amides is 2. The fraction of sp³-hybridized carbons (Fsp3) is 0.643. The molecule has 2 aromatic rings. The number of nitrogens with one attached hydrogen (secondary N) is 4. The van der Waals surface area contributed by atoms with E-state index in [9.17, 15) is 9.59 Å². The molecular formula is C28H46N4O2. The average molecular weight is 471 g/mol. The Morgan fingerprint density at radius 2 is 0.912 bits per heavy atom. The Labute approximate surface area is 206 Å². The van der Waals surface area contributed by atoms with Crippen LogP contribution in [-0.2, 0) is 0 Å². The van der Waals surface area contributed by atoms with Gasteiger partial charge in [-0.05, 0) is 37.1 Å². The third-order valence-electron chi connectivity index (χ3n) is 6.28. The molecule has 2 amide bonds. The largest absolute Gasteiger partial charge is 0.351 e. The minimum Gasteiger partial charge on any atom is -0.351 e. The first kappa shape index (κ1) is 27.7. The molecule has 2 aromatic heterocycles. The normalized spacial score (nSPS) is 11.0. The van der Waals surface area contributed by atoms with Crippen molar-refractivity contribution in [2.45, 2.75) is 104 Å². The van der Waals surface area contributed by atoms with E-state index in [1.165, 1.54) is 64.2 Å². The fourth-order valence-electron chi connectivity index (χ4n) is 4.13. The molecule has 2 rings (SSSR count). The summed E-state index contributed by atoms with van der Waals surface area (Å²) in [4.78, 5) is 31.1. The van der Waals surface area contributed by atoms with Crippen LogP contribution in [0.1, 0.15) is 125 Å². The predicted molar refractivity (Wildman–Crippen MR) is 141 cm³/mol. The Morgan fingerprint density at radius 3 is 1.29 bits per heavy atom. The molecular weight excluding hydrogens is 424 g/mol. The lowest BCUT2D eigenvalue weighted by molar-refractivity contribution is 0.0940. The monoisotopic (exact) mass is 470 g/mol. The van der Waals surface area contributed by atoms with Gasteiger partial charge in [0.2, 0.25) is 0 Å². The molecule has 0 radical (unpaired) electrons. The van der Waals surface area contributed by atoms with E-state index in [1.807, 2.05) is 12.1 Å². The molecule has 6 heteroatoms. The molecule has 0 saturated heterocycles. The molecule has 0 atom stereocenters. The minimum atomic E-state index is -0.0866. The van der Waals surface area contributed by atoms with Crippen LogP contribution in [0.5, 0.6) is 0 Å². The van der Waals surface area contributed by atoms with Crippen molar-refractivity contribution < 1.29 is 9.59 Å². The highest BCUT2D eigenvalue weighted by molar-refractivity contribution is 5.94. The van der Waals surface area contributed by atoms with Crippen molar-refractivity contribution in [2.75, 3.05) is 13.1 Å². The van der Waals surface area contributed by atoms with Crippen LogP contribution in [0.25, 0.3) is 11.4 Å². The molecule has 4 N–H and O–H groups in total. The maximum Gasteiger partial charge on any atom is 0.267 e. The maximum absolute atomic E-state index is 12.4. The molecule has 190 valence electrons. The number of H-pyrrole nitrogens is 2. The second-order valence-corrected chi connectivity index (χ2v) is 9.33. The predicted octanol–water partition coefficient (Wildman–Crippen LogP) is 6.97. The topological polar surface area (TPSA) is 89.8 Å². The zero-order valence-electron chi connectivity index (χ0n) is 21.4. The van der Waals surface area contributed by atoms with Gasteiger partial charge in [-0.1, -0.05) is 90.9 Å². The molecule has 0 aliphatic carbocycles. The van der Waals surface area contributed by atoms with Crippen LogP contribution in [-0.4, -0.2) is 34.9 Å². The molecule has 2 heterocycles. The van der Waals surface area contributed by atoms with Crippen LogP contribution in [0.15, 0.2) is 24.3 Å². The molecule has 0 aromatic carbocycles. The van der Waals surface area contributed by atoms with Crippen LogP contribution >= 0.6 is 0 Å². The van der Waals surface area contributed by atoms with E-state index >= 15 is 0 Å². The van der Waals surface area contributed by atoms with Gasteiger partial charge in [-0.25, -0.2) is 0 Å². The number of hydrogen-bond donors (Lipinski definition) is 4. The van der Waals surface area contributed by atoms with Crippen LogP contribution in [0.2, 0.25) is 0 Å². The Balaban J connectivity index is 1.67. The highest BCUT2D eigenvalue weighted by Crippen LogP contribution is 2.18. The van der Waals surface area contributed by atoms with Gasteiger partial charge in [0.25, 0.3) is 11.8 Å². The number of carbonyl (C=O) groups is 2. The lowest BCUT2D eigenvalue weighted by Gasteiger charge is -2.04.